The van der Waals surface area contributed by atoms with Crippen LogP contribution >= 0.6 is 11.7 Å². The van der Waals surface area contributed by atoms with Gasteiger partial charge in [-0.25, -0.2) is 15.0 Å². The lowest BCUT2D eigenvalue weighted by molar-refractivity contribution is 1.23. The zero-order valence-electron chi connectivity index (χ0n) is 20.6. The zero-order chi connectivity index (χ0) is 25.8. The van der Waals surface area contributed by atoms with Crippen LogP contribution in [0.25, 0.3) is 77.5 Å². The van der Waals surface area contributed by atoms with E-state index in [1.807, 2.05) is 72.8 Å². The average Bonchev–Trinajstić information content (AvgIpc) is 3.51. The van der Waals surface area contributed by atoms with E-state index in [1.54, 1.807) is 0 Å². The standard InChI is InChI=1S/C33H19N5S/c1-3-11-20(12-4-1)29-24-19-25(31-32(38-39-37-31)28(24)22-15-7-9-17-26(22)34-29)30-23-16-8-10-18-27(23)35-33(36-30)21-13-5-2-6-14-21/h1-19H. The van der Waals surface area contributed by atoms with Crippen LogP contribution in [0.15, 0.2) is 115 Å². The third kappa shape index (κ3) is 3.50. The third-order valence-corrected chi connectivity index (χ3v) is 7.67. The van der Waals surface area contributed by atoms with Gasteiger partial charge in [0.15, 0.2) is 5.82 Å². The van der Waals surface area contributed by atoms with Crippen LogP contribution in [-0.4, -0.2) is 23.7 Å². The molecular weight excluding hydrogens is 498 g/mol. The quantitative estimate of drug-likeness (QED) is 0.220. The van der Waals surface area contributed by atoms with Crippen LogP contribution in [-0.2, 0) is 0 Å². The largest absolute Gasteiger partial charge is 0.247 e. The Hall–Kier alpha value is -5.07. The van der Waals surface area contributed by atoms with Crippen molar-refractivity contribution in [2.45, 2.75) is 0 Å². The van der Waals surface area contributed by atoms with Crippen LogP contribution in [0.5, 0.6) is 0 Å². The SMILES string of the molecule is c1ccc(-c2nc(-c3cc4c(-c5ccccc5)nc5ccccc5c4c4nsnc34)c3ccccc3n2)cc1. The fourth-order valence-corrected chi connectivity index (χ4v) is 5.93. The minimum Gasteiger partial charge on any atom is -0.247 e. The number of benzene rings is 5. The Morgan fingerprint density at radius 1 is 0.462 bits per heavy atom. The molecule has 182 valence electrons. The van der Waals surface area contributed by atoms with Gasteiger partial charge in [0.05, 0.1) is 34.1 Å². The van der Waals surface area contributed by atoms with Crippen molar-refractivity contribution in [2.24, 2.45) is 0 Å². The van der Waals surface area contributed by atoms with E-state index in [0.29, 0.717) is 5.82 Å². The summed E-state index contributed by atoms with van der Waals surface area (Å²) in [6, 6.07) is 39.0. The second-order valence-corrected chi connectivity index (χ2v) is 9.96. The Morgan fingerprint density at radius 3 is 1.85 bits per heavy atom. The van der Waals surface area contributed by atoms with E-state index < -0.39 is 0 Å². The van der Waals surface area contributed by atoms with E-state index in [0.717, 1.165) is 71.7 Å². The van der Waals surface area contributed by atoms with Gasteiger partial charge in [0.25, 0.3) is 0 Å². The Labute approximate surface area is 227 Å². The molecule has 0 aliphatic carbocycles. The van der Waals surface area contributed by atoms with Gasteiger partial charge in [-0.3, -0.25) is 0 Å². The summed E-state index contributed by atoms with van der Waals surface area (Å²) in [4.78, 5) is 15.2. The predicted octanol–water partition coefficient (Wildman–Crippen LogP) is 8.34. The van der Waals surface area contributed by atoms with Gasteiger partial charge in [0, 0.05) is 38.2 Å². The second-order valence-electron chi connectivity index (χ2n) is 9.43. The molecule has 0 N–H and O–H groups in total. The molecule has 0 radical (unpaired) electrons. The normalized spacial score (nSPS) is 11.6. The molecule has 0 atom stereocenters. The number of hydrogen-bond acceptors (Lipinski definition) is 6. The maximum absolute atomic E-state index is 5.15. The van der Waals surface area contributed by atoms with E-state index in [-0.39, 0.29) is 0 Å². The van der Waals surface area contributed by atoms with Gasteiger partial charge in [-0.15, -0.1) is 0 Å². The van der Waals surface area contributed by atoms with E-state index in [1.165, 1.54) is 11.7 Å². The molecule has 0 amide bonds. The summed E-state index contributed by atoms with van der Waals surface area (Å²) < 4.78 is 9.65. The molecule has 0 spiro atoms. The monoisotopic (exact) mass is 517 g/mol. The number of pyridine rings is 1. The highest BCUT2D eigenvalue weighted by Crippen LogP contribution is 2.42. The molecule has 0 saturated heterocycles. The smallest absolute Gasteiger partial charge is 0.160 e. The van der Waals surface area contributed by atoms with Crippen LogP contribution < -0.4 is 0 Å². The Balaban J connectivity index is 1.54. The fraction of sp³-hybridized carbons (Fsp3) is 0. The van der Waals surface area contributed by atoms with E-state index in [2.05, 4.69) is 42.5 Å². The minimum absolute atomic E-state index is 0.681. The first kappa shape index (κ1) is 22.0. The molecule has 5 nitrogen and oxygen atoms in total. The van der Waals surface area contributed by atoms with Crippen molar-refractivity contribution in [1.82, 2.24) is 23.7 Å². The van der Waals surface area contributed by atoms with Gasteiger partial charge in [-0.1, -0.05) is 97.1 Å². The van der Waals surface area contributed by atoms with Crippen molar-refractivity contribution < 1.29 is 0 Å². The first-order chi connectivity index (χ1) is 19.3. The maximum Gasteiger partial charge on any atom is 0.160 e. The molecule has 3 aromatic heterocycles. The van der Waals surface area contributed by atoms with Crippen molar-refractivity contribution in [3.05, 3.63) is 115 Å². The van der Waals surface area contributed by atoms with Gasteiger partial charge >= 0.3 is 0 Å². The van der Waals surface area contributed by atoms with Crippen LogP contribution in [0.3, 0.4) is 0 Å². The highest BCUT2D eigenvalue weighted by Gasteiger charge is 2.21. The molecule has 0 aliphatic rings. The zero-order valence-corrected chi connectivity index (χ0v) is 21.4. The number of nitrogens with zero attached hydrogens (tertiary/aromatic N) is 5. The number of hydrogen-bond donors (Lipinski definition) is 0. The topological polar surface area (TPSA) is 64.5 Å². The van der Waals surface area contributed by atoms with Gasteiger partial charge in [0.2, 0.25) is 0 Å². The molecule has 0 bridgehead atoms. The lowest BCUT2D eigenvalue weighted by Crippen LogP contribution is -1.97. The number of aromatic nitrogens is 5. The van der Waals surface area contributed by atoms with Crippen LogP contribution in [0, 0.1) is 0 Å². The Bertz CT molecular complexity index is 2170. The Kier molecular flexibility index (Phi) is 4.93. The van der Waals surface area contributed by atoms with Gasteiger partial charge in [0.1, 0.15) is 11.0 Å². The molecule has 39 heavy (non-hydrogen) atoms. The molecule has 0 fully saturated rings. The first-order valence-corrected chi connectivity index (χ1v) is 13.4. The minimum atomic E-state index is 0.681. The number of fused-ring (bicyclic) bond motifs is 6. The van der Waals surface area contributed by atoms with E-state index in [4.69, 9.17) is 23.7 Å². The lowest BCUT2D eigenvalue weighted by atomic mass is 9.94. The average molecular weight is 518 g/mol. The summed E-state index contributed by atoms with van der Waals surface area (Å²) in [6.45, 7) is 0. The summed E-state index contributed by atoms with van der Waals surface area (Å²) in [5, 5.41) is 4.13. The number of rotatable bonds is 3. The summed E-state index contributed by atoms with van der Waals surface area (Å²) in [6.07, 6.45) is 0. The second kappa shape index (κ2) is 8.75. The summed E-state index contributed by atoms with van der Waals surface area (Å²) >= 11 is 1.23. The summed E-state index contributed by atoms with van der Waals surface area (Å²) in [5.41, 5.74) is 8.24. The summed E-state index contributed by atoms with van der Waals surface area (Å²) in [7, 11) is 0. The molecule has 0 saturated carbocycles. The Morgan fingerprint density at radius 2 is 1.08 bits per heavy atom. The highest BCUT2D eigenvalue weighted by molar-refractivity contribution is 7.00. The predicted molar refractivity (Wildman–Crippen MR) is 160 cm³/mol. The van der Waals surface area contributed by atoms with E-state index in [9.17, 15) is 0 Å². The highest BCUT2D eigenvalue weighted by atomic mass is 32.1. The number of para-hydroxylation sites is 2. The molecular formula is C33H19N5S. The van der Waals surface area contributed by atoms with Crippen molar-refractivity contribution in [2.75, 3.05) is 0 Å². The van der Waals surface area contributed by atoms with Crippen molar-refractivity contribution >= 4 is 55.3 Å². The first-order valence-electron chi connectivity index (χ1n) is 12.7. The molecule has 0 unspecified atom stereocenters. The summed E-state index contributed by atoms with van der Waals surface area (Å²) in [5.74, 6) is 0.681. The molecule has 8 aromatic rings. The van der Waals surface area contributed by atoms with Gasteiger partial charge in [-0.05, 0) is 18.2 Å². The maximum atomic E-state index is 5.15. The van der Waals surface area contributed by atoms with Crippen LogP contribution in [0.1, 0.15) is 0 Å². The fourth-order valence-electron chi connectivity index (χ4n) is 5.36. The van der Waals surface area contributed by atoms with Crippen LogP contribution in [0.2, 0.25) is 0 Å². The third-order valence-electron chi connectivity index (χ3n) is 7.14. The van der Waals surface area contributed by atoms with Gasteiger partial charge in [-0.2, -0.15) is 8.75 Å². The van der Waals surface area contributed by atoms with Gasteiger partial charge < -0.3 is 0 Å². The molecule has 0 aliphatic heterocycles. The molecule has 8 rings (SSSR count). The van der Waals surface area contributed by atoms with Crippen molar-refractivity contribution in [3.63, 3.8) is 0 Å². The molecule has 3 heterocycles. The molecule has 5 aromatic carbocycles. The molecule has 6 heteroatoms. The lowest BCUT2D eigenvalue weighted by Gasteiger charge is -2.14. The van der Waals surface area contributed by atoms with Crippen molar-refractivity contribution in [3.8, 4) is 33.9 Å². The van der Waals surface area contributed by atoms with Crippen molar-refractivity contribution in [1.29, 1.82) is 0 Å². The van der Waals surface area contributed by atoms with Crippen LogP contribution in [0.4, 0.5) is 0 Å². The van der Waals surface area contributed by atoms with E-state index >= 15 is 0 Å².